The molecule has 0 saturated heterocycles. The van der Waals surface area contributed by atoms with Gasteiger partial charge in [-0.05, 0) is 19.8 Å². The normalized spacial score (nSPS) is 19.3. The third kappa shape index (κ3) is 5.92. The van der Waals surface area contributed by atoms with Crippen LogP contribution >= 0.6 is 0 Å². The van der Waals surface area contributed by atoms with Crippen LogP contribution in [0.25, 0.3) is 0 Å². The molecule has 88 valence electrons. The van der Waals surface area contributed by atoms with E-state index >= 15 is 0 Å². The van der Waals surface area contributed by atoms with E-state index in [1.807, 2.05) is 6.92 Å². The van der Waals surface area contributed by atoms with Crippen LogP contribution in [-0.2, 0) is 4.74 Å². The zero-order valence-electron chi connectivity index (χ0n) is 9.67. The topological polar surface area (TPSA) is 41.5 Å². The highest BCUT2D eigenvalue weighted by Crippen LogP contribution is 2.20. The van der Waals surface area contributed by atoms with E-state index in [0.717, 1.165) is 25.0 Å². The molecule has 1 atom stereocenters. The third-order valence-electron chi connectivity index (χ3n) is 2.63. The average Bonchev–Trinajstić information content (AvgIpc) is 2.66. The second-order valence-corrected chi connectivity index (χ2v) is 4.48. The summed E-state index contributed by atoms with van der Waals surface area (Å²) < 4.78 is 5.61. The lowest BCUT2D eigenvalue weighted by Gasteiger charge is -2.15. The molecule has 3 nitrogen and oxygen atoms in total. The molecule has 0 amide bonds. The van der Waals surface area contributed by atoms with Crippen molar-refractivity contribution in [1.29, 1.82) is 0 Å². The Kier molecular flexibility index (Phi) is 5.91. The van der Waals surface area contributed by atoms with Gasteiger partial charge < -0.3 is 15.2 Å². The van der Waals surface area contributed by atoms with Crippen LogP contribution in [0.1, 0.15) is 32.6 Å². The third-order valence-corrected chi connectivity index (χ3v) is 2.63. The molecule has 1 fully saturated rings. The van der Waals surface area contributed by atoms with Gasteiger partial charge in [-0.15, -0.1) is 0 Å². The van der Waals surface area contributed by atoms with Gasteiger partial charge in [0.15, 0.2) is 0 Å². The first-order chi connectivity index (χ1) is 7.18. The van der Waals surface area contributed by atoms with Crippen LogP contribution in [0.15, 0.2) is 12.2 Å². The molecule has 15 heavy (non-hydrogen) atoms. The number of ether oxygens (including phenoxy) is 1. The molecular formula is C12H23NO2. The van der Waals surface area contributed by atoms with Crippen molar-refractivity contribution in [2.75, 3.05) is 19.7 Å². The molecular weight excluding hydrogens is 190 g/mol. The first-order valence-corrected chi connectivity index (χ1v) is 5.83. The molecule has 0 aliphatic heterocycles. The second kappa shape index (κ2) is 6.99. The molecule has 1 rings (SSSR count). The maximum Gasteiger partial charge on any atom is 0.0897 e. The highest BCUT2D eigenvalue weighted by Gasteiger charge is 2.16. The van der Waals surface area contributed by atoms with Crippen LogP contribution in [0.4, 0.5) is 0 Å². The van der Waals surface area contributed by atoms with Gasteiger partial charge in [0.05, 0.1) is 18.8 Å². The summed E-state index contributed by atoms with van der Waals surface area (Å²) in [6.07, 6.45) is 4.85. The van der Waals surface area contributed by atoms with Crippen molar-refractivity contribution in [2.45, 2.75) is 44.8 Å². The van der Waals surface area contributed by atoms with Crippen molar-refractivity contribution in [3.05, 3.63) is 12.2 Å². The molecule has 0 aromatic heterocycles. The lowest BCUT2D eigenvalue weighted by molar-refractivity contribution is -0.00514. The van der Waals surface area contributed by atoms with Gasteiger partial charge in [0.25, 0.3) is 0 Å². The fraction of sp³-hybridized carbons (Fsp3) is 0.833. The van der Waals surface area contributed by atoms with Gasteiger partial charge in [0.2, 0.25) is 0 Å². The van der Waals surface area contributed by atoms with Crippen molar-refractivity contribution >= 4 is 0 Å². The second-order valence-electron chi connectivity index (χ2n) is 4.48. The molecule has 1 saturated carbocycles. The Balaban J connectivity index is 1.97. The summed E-state index contributed by atoms with van der Waals surface area (Å²) in [7, 11) is 0. The number of aliphatic hydroxyl groups is 1. The van der Waals surface area contributed by atoms with Crippen molar-refractivity contribution in [2.24, 2.45) is 0 Å². The molecule has 3 heteroatoms. The Labute approximate surface area is 92.5 Å². The van der Waals surface area contributed by atoms with Crippen LogP contribution in [0.5, 0.6) is 0 Å². The van der Waals surface area contributed by atoms with Crippen molar-refractivity contribution in [3.63, 3.8) is 0 Å². The smallest absolute Gasteiger partial charge is 0.0897 e. The summed E-state index contributed by atoms with van der Waals surface area (Å²) in [6, 6.07) is 0. The predicted octanol–water partition coefficient (Wildman–Crippen LogP) is 1.47. The van der Waals surface area contributed by atoms with Crippen LogP contribution in [0, 0.1) is 0 Å². The number of rotatable bonds is 7. The number of aliphatic hydroxyl groups excluding tert-OH is 1. The molecule has 1 aliphatic carbocycles. The highest BCUT2D eigenvalue weighted by atomic mass is 16.5. The van der Waals surface area contributed by atoms with Crippen molar-refractivity contribution in [1.82, 2.24) is 5.32 Å². The Morgan fingerprint density at radius 2 is 2.20 bits per heavy atom. The van der Waals surface area contributed by atoms with Gasteiger partial charge >= 0.3 is 0 Å². The van der Waals surface area contributed by atoms with Gasteiger partial charge in [-0.25, -0.2) is 0 Å². The van der Waals surface area contributed by atoms with Gasteiger partial charge in [-0.1, -0.05) is 25.0 Å². The highest BCUT2D eigenvalue weighted by molar-refractivity contribution is 4.90. The first-order valence-electron chi connectivity index (χ1n) is 5.83. The number of hydrogen-bond donors (Lipinski definition) is 2. The van der Waals surface area contributed by atoms with E-state index in [1.165, 1.54) is 12.8 Å². The molecule has 0 radical (unpaired) electrons. The van der Waals surface area contributed by atoms with Crippen LogP contribution in [0.2, 0.25) is 0 Å². The molecule has 1 unspecified atom stereocenters. The van der Waals surface area contributed by atoms with Crippen LogP contribution in [-0.4, -0.2) is 37.0 Å². The summed E-state index contributed by atoms with van der Waals surface area (Å²) >= 11 is 0. The summed E-state index contributed by atoms with van der Waals surface area (Å²) in [6.45, 7) is 7.55. The van der Waals surface area contributed by atoms with E-state index in [1.54, 1.807) is 0 Å². The zero-order valence-corrected chi connectivity index (χ0v) is 9.67. The van der Waals surface area contributed by atoms with E-state index in [2.05, 4.69) is 11.9 Å². The van der Waals surface area contributed by atoms with E-state index in [9.17, 15) is 5.11 Å². The Hall–Kier alpha value is -0.380. The lowest BCUT2D eigenvalue weighted by Crippen LogP contribution is -2.32. The number of nitrogens with one attached hydrogen (secondary N) is 1. The fourth-order valence-electron chi connectivity index (χ4n) is 1.81. The average molecular weight is 213 g/mol. The molecule has 1 aliphatic rings. The van der Waals surface area contributed by atoms with Crippen molar-refractivity contribution in [3.8, 4) is 0 Å². The standard InChI is InChI=1S/C12H23NO2/c1-10(2)7-13-8-11(14)9-15-12-5-3-4-6-12/h11-14H,1,3-9H2,2H3. The minimum Gasteiger partial charge on any atom is -0.389 e. The quantitative estimate of drug-likeness (QED) is 0.629. The minimum atomic E-state index is -0.398. The maximum atomic E-state index is 9.61. The first kappa shape index (κ1) is 12.7. The Morgan fingerprint density at radius 3 is 2.80 bits per heavy atom. The Morgan fingerprint density at radius 1 is 1.53 bits per heavy atom. The van der Waals surface area contributed by atoms with Crippen molar-refractivity contribution < 1.29 is 9.84 Å². The molecule has 0 aromatic carbocycles. The maximum absolute atomic E-state index is 9.61. The summed E-state index contributed by atoms with van der Waals surface area (Å²) in [4.78, 5) is 0. The zero-order chi connectivity index (χ0) is 11.1. The summed E-state index contributed by atoms with van der Waals surface area (Å²) in [5.74, 6) is 0. The molecule has 0 heterocycles. The monoisotopic (exact) mass is 213 g/mol. The molecule has 0 spiro atoms. The predicted molar refractivity (Wildman–Crippen MR) is 61.9 cm³/mol. The van der Waals surface area contributed by atoms with Crippen LogP contribution in [0.3, 0.4) is 0 Å². The van der Waals surface area contributed by atoms with E-state index in [-0.39, 0.29) is 0 Å². The number of hydrogen-bond acceptors (Lipinski definition) is 3. The Bertz CT molecular complexity index is 188. The van der Waals surface area contributed by atoms with Crippen LogP contribution < -0.4 is 5.32 Å². The minimum absolute atomic E-state index is 0.390. The van der Waals surface area contributed by atoms with E-state index < -0.39 is 6.10 Å². The molecule has 0 bridgehead atoms. The van der Waals surface area contributed by atoms with Gasteiger partial charge in [0.1, 0.15) is 0 Å². The lowest BCUT2D eigenvalue weighted by atomic mass is 10.3. The van der Waals surface area contributed by atoms with Gasteiger partial charge in [-0.2, -0.15) is 0 Å². The largest absolute Gasteiger partial charge is 0.389 e. The van der Waals surface area contributed by atoms with Gasteiger partial charge in [0, 0.05) is 13.1 Å². The fourth-order valence-corrected chi connectivity index (χ4v) is 1.81. The summed E-state index contributed by atoms with van der Waals surface area (Å²) in [5, 5.41) is 12.7. The van der Waals surface area contributed by atoms with E-state index in [0.29, 0.717) is 19.3 Å². The molecule has 0 aromatic rings. The SMILES string of the molecule is C=C(C)CNCC(O)COC1CCCC1. The molecule has 2 N–H and O–H groups in total. The summed E-state index contributed by atoms with van der Waals surface area (Å²) in [5.41, 5.74) is 1.08. The van der Waals surface area contributed by atoms with Gasteiger partial charge in [-0.3, -0.25) is 0 Å². The van der Waals surface area contributed by atoms with E-state index in [4.69, 9.17) is 4.74 Å².